The molecule has 0 aromatic carbocycles. The molecule has 1 saturated carbocycles. The summed E-state index contributed by atoms with van der Waals surface area (Å²) in [4.78, 5) is 19.4. The number of likely N-dealkylation sites (tertiary alicyclic amines) is 1. The highest BCUT2D eigenvalue weighted by Crippen LogP contribution is 2.39. The minimum atomic E-state index is 0.146. The predicted octanol–water partition coefficient (Wildman–Crippen LogP) is 2.11. The normalized spacial score (nSPS) is 22.6. The summed E-state index contributed by atoms with van der Waals surface area (Å²) in [5.74, 6) is 3.66. The largest absolute Gasteiger partial charge is 0.384 e. The summed E-state index contributed by atoms with van der Waals surface area (Å²) in [7, 11) is 1.70. The monoisotopic (exact) mass is 373 g/mol. The number of hydrogen-bond donors (Lipinski definition) is 1. The van der Waals surface area contributed by atoms with Crippen LogP contribution in [0.1, 0.15) is 59.8 Å². The van der Waals surface area contributed by atoms with Gasteiger partial charge in [0.05, 0.1) is 12.3 Å². The Hall–Kier alpha value is -2.22. The highest BCUT2D eigenvalue weighted by molar-refractivity contribution is 5.77. The van der Waals surface area contributed by atoms with Gasteiger partial charge in [-0.1, -0.05) is 5.16 Å². The first kappa shape index (κ1) is 18.2. The number of rotatable bonds is 7. The Kier molecular flexibility index (Phi) is 4.99. The van der Waals surface area contributed by atoms with Gasteiger partial charge in [0.25, 0.3) is 0 Å². The van der Waals surface area contributed by atoms with Crippen molar-refractivity contribution in [1.82, 2.24) is 25.2 Å². The third kappa shape index (κ3) is 3.76. The van der Waals surface area contributed by atoms with E-state index in [2.05, 4.69) is 15.4 Å². The second kappa shape index (κ2) is 7.42. The van der Waals surface area contributed by atoms with Crippen molar-refractivity contribution in [1.29, 1.82) is 0 Å². The van der Waals surface area contributed by atoms with E-state index >= 15 is 0 Å². The van der Waals surface area contributed by atoms with E-state index in [9.17, 15) is 4.79 Å². The molecule has 1 aliphatic carbocycles. The molecule has 0 spiro atoms. The average molecular weight is 373 g/mol. The molecule has 146 valence electrons. The van der Waals surface area contributed by atoms with Crippen LogP contribution in [0, 0.1) is 19.8 Å². The zero-order valence-electron chi connectivity index (χ0n) is 16.2. The Morgan fingerprint density at radius 2 is 2.15 bits per heavy atom. The van der Waals surface area contributed by atoms with Gasteiger partial charge in [-0.25, -0.2) is 4.98 Å². The molecular formula is C19H27N5O3. The molecule has 2 aromatic rings. The smallest absolute Gasteiger partial charge is 0.222 e. The maximum atomic E-state index is 12.8. The van der Waals surface area contributed by atoms with E-state index in [1.54, 1.807) is 7.11 Å². The van der Waals surface area contributed by atoms with Crippen LogP contribution in [0.5, 0.6) is 0 Å². The Balaban J connectivity index is 1.41. The molecule has 0 bridgehead atoms. The lowest BCUT2D eigenvalue weighted by Gasteiger charge is -2.16. The number of nitrogens with one attached hydrogen (secondary N) is 1. The van der Waals surface area contributed by atoms with Gasteiger partial charge < -0.3 is 14.2 Å². The standard InChI is InChI=1S/C19H27N5O3/c1-11-15(12(2)27-23-11)6-7-17(25)24-8-14(10-26-3)16(9-24)19-20-18(21-22-19)13-4-5-13/h13-14,16H,4-10H2,1-3H3,(H,20,21,22)/t14-,16+/m0/s1. The summed E-state index contributed by atoms with van der Waals surface area (Å²) in [6.45, 7) is 5.77. The molecule has 2 fully saturated rings. The Labute approximate surface area is 158 Å². The van der Waals surface area contributed by atoms with Crippen LogP contribution in [0.3, 0.4) is 0 Å². The van der Waals surface area contributed by atoms with E-state index in [0.717, 1.165) is 28.7 Å². The van der Waals surface area contributed by atoms with Crippen LogP contribution in [0.25, 0.3) is 0 Å². The number of nitrogens with zero attached hydrogens (tertiary/aromatic N) is 4. The predicted molar refractivity (Wildman–Crippen MR) is 97.3 cm³/mol. The molecule has 0 radical (unpaired) electrons. The van der Waals surface area contributed by atoms with Crippen molar-refractivity contribution in [2.24, 2.45) is 5.92 Å². The fourth-order valence-electron chi connectivity index (χ4n) is 3.99. The minimum Gasteiger partial charge on any atom is -0.384 e. The number of carbonyl (C=O) groups excluding carboxylic acids is 1. The highest BCUT2D eigenvalue weighted by atomic mass is 16.5. The van der Waals surface area contributed by atoms with Crippen LogP contribution in [-0.4, -0.2) is 58.0 Å². The van der Waals surface area contributed by atoms with Crippen molar-refractivity contribution in [2.75, 3.05) is 26.8 Å². The first-order valence-corrected chi connectivity index (χ1v) is 9.67. The molecule has 1 saturated heterocycles. The van der Waals surface area contributed by atoms with E-state index in [1.807, 2.05) is 18.7 Å². The van der Waals surface area contributed by atoms with Crippen LogP contribution < -0.4 is 0 Å². The molecule has 1 amide bonds. The molecule has 8 heteroatoms. The lowest BCUT2D eigenvalue weighted by Crippen LogP contribution is -2.29. The number of aryl methyl sites for hydroxylation is 2. The fraction of sp³-hybridized carbons (Fsp3) is 0.684. The summed E-state index contributed by atoms with van der Waals surface area (Å²) in [5, 5.41) is 11.5. The third-order valence-corrected chi connectivity index (χ3v) is 5.76. The van der Waals surface area contributed by atoms with Crippen LogP contribution >= 0.6 is 0 Å². The molecule has 4 rings (SSSR count). The maximum absolute atomic E-state index is 12.8. The van der Waals surface area contributed by atoms with Gasteiger partial charge >= 0.3 is 0 Å². The number of amides is 1. The number of carbonyl (C=O) groups is 1. The zero-order chi connectivity index (χ0) is 19.0. The van der Waals surface area contributed by atoms with Crippen molar-refractivity contribution in [3.8, 4) is 0 Å². The lowest BCUT2D eigenvalue weighted by molar-refractivity contribution is -0.130. The van der Waals surface area contributed by atoms with Crippen LogP contribution in [0.15, 0.2) is 4.52 Å². The zero-order valence-corrected chi connectivity index (χ0v) is 16.2. The minimum absolute atomic E-state index is 0.146. The molecule has 8 nitrogen and oxygen atoms in total. The summed E-state index contributed by atoms with van der Waals surface area (Å²) in [6, 6.07) is 0. The number of ether oxygens (including phenoxy) is 1. The van der Waals surface area contributed by atoms with Gasteiger partial charge in [0, 0.05) is 49.9 Å². The highest BCUT2D eigenvalue weighted by Gasteiger charge is 2.39. The first-order valence-electron chi connectivity index (χ1n) is 9.67. The second-order valence-corrected chi connectivity index (χ2v) is 7.78. The summed E-state index contributed by atoms with van der Waals surface area (Å²) >= 11 is 0. The average Bonchev–Trinajstić information content (AvgIpc) is 3.09. The van der Waals surface area contributed by atoms with Gasteiger partial charge in [-0.15, -0.1) is 0 Å². The fourth-order valence-corrected chi connectivity index (χ4v) is 3.99. The summed E-state index contributed by atoms with van der Waals surface area (Å²) in [5.41, 5.74) is 1.91. The van der Waals surface area contributed by atoms with Crippen LogP contribution in [-0.2, 0) is 16.0 Å². The summed E-state index contributed by atoms with van der Waals surface area (Å²) in [6.07, 6.45) is 3.47. The molecule has 27 heavy (non-hydrogen) atoms. The van der Waals surface area contributed by atoms with Crippen molar-refractivity contribution in [2.45, 2.75) is 51.4 Å². The molecular weight excluding hydrogens is 346 g/mol. The van der Waals surface area contributed by atoms with E-state index < -0.39 is 0 Å². The molecule has 2 aliphatic rings. The Morgan fingerprint density at radius 1 is 1.33 bits per heavy atom. The van der Waals surface area contributed by atoms with Gasteiger partial charge in [-0.05, 0) is 33.1 Å². The quantitative estimate of drug-likeness (QED) is 0.798. The first-order chi connectivity index (χ1) is 13.1. The molecule has 3 heterocycles. The summed E-state index contributed by atoms with van der Waals surface area (Å²) < 4.78 is 10.6. The topological polar surface area (TPSA) is 97.1 Å². The lowest BCUT2D eigenvalue weighted by atomic mass is 9.96. The number of aromatic amines is 1. The molecule has 2 atom stereocenters. The van der Waals surface area contributed by atoms with Gasteiger partial charge in [-0.2, -0.15) is 5.10 Å². The van der Waals surface area contributed by atoms with Crippen molar-refractivity contribution in [3.63, 3.8) is 0 Å². The Morgan fingerprint density at radius 3 is 2.81 bits per heavy atom. The number of H-pyrrole nitrogens is 1. The molecule has 2 aromatic heterocycles. The van der Waals surface area contributed by atoms with Gasteiger partial charge in [0.2, 0.25) is 5.91 Å². The van der Waals surface area contributed by atoms with Crippen LogP contribution in [0.4, 0.5) is 0 Å². The van der Waals surface area contributed by atoms with Gasteiger partial charge in [-0.3, -0.25) is 9.89 Å². The van der Waals surface area contributed by atoms with E-state index in [1.165, 1.54) is 12.8 Å². The van der Waals surface area contributed by atoms with Crippen molar-refractivity contribution >= 4 is 5.91 Å². The SMILES string of the molecule is COC[C@@H]1CN(C(=O)CCc2c(C)noc2C)C[C@H]1c1nc(C2CC2)n[nH]1. The number of hydrogen-bond acceptors (Lipinski definition) is 6. The molecule has 1 N–H and O–H groups in total. The van der Waals surface area contributed by atoms with E-state index in [0.29, 0.717) is 38.5 Å². The maximum Gasteiger partial charge on any atom is 0.222 e. The third-order valence-electron chi connectivity index (χ3n) is 5.76. The number of methoxy groups -OCH3 is 1. The van der Waals surface area contributed by atoms with Crippen molar-refractivity contribution < 1.29 is 14.1 Å². The van der Waals surface area contributed by atoms with Crippen molar-refractivity contribution in [3.05, 3.63) is 28.7 Å². The second-order valence-electron chi connectivity index (χ2n) is 7.78. The Bertz CT molecular complexity index is 791. The number of aromatic nitrogens is 4. The van der Waals surface area contributed by atoms with E-state index in [4.69, 9.17) is 14.2 Å². The van der Waals surface area contributed by atoms with Gasteiger partial charge in [0.1, 0.15) is 11.6 Å². The molecule has 1 aliphatic heterocycles. The van der Waals surface area contributed by atoms with E-state index in [-0.39, 0.29) is 17.7 Å². The molecule has 0 unspecified atom stereocenters. The van der Waals surface area contributed by atoms with Gasteiger partial charge in [0.15, 0.2) is 5.82 Å². The van der Waals surface area contributed by atoms with Crippen LogP contribution in [0.2, 0.25) is 0 Å².